The second-order valence-corrected chi connectivity index (χ2v) is 11.2. The first kappa shape index (κ1) is 29.0. The minimum absolute atomic E-state index is 0.158. The molecule has 0 saturated carbocycles. The number of nitrogens with two attached hydrogens (primary N) is 2. The number of thioether (sulfide) groups is 1. The van der Waals surface area contributed by atoms with Crippen molar-refractivity contribution in [2.75, 3.05) is 24.9 Å². The van der Waals surface area contributed by atoms with E-state index in [0.29, 0.717) is 17.2 Å². The van der Waals surface area contributed by atoms with E-state index in [4.69, 9.17) is 25.7 Å². The second-order valence-electron chi connectivity index (χ2n) is 9.25. The van der Waals surface area contributed by atoms with Gasteiger partial charge >= 0.3 is 18.0 Å². The number of β-lactam (4-membered cyclic amide) rings is 1. The number of thiazole rings is 1. The lowest BCUT2D eigenvalue weighted by atomic mass is 9.98. The molecule has 0 unspecified atom stereocenters. The Morgan fingerprint density at radius 1 is 1.24 bits per heavy atom. The zero-order chi connectivity index (χ0) is 28.2. The molecule has 3 rings (SSSR count). The number of ether oxygens (including phenoxy) is 3. The number of hydrogen-bond donors (Lipinski definition) is 3. The molecule has 1 aromatic heterocycles. The first-order valence-electron chi connectivity index (χ1n) is 11.5. The normalized spacial score (nSPS) is 19.3. The van der Waals surface area contributed by atoms with E-state index >= 15 is 0 Å². The lowest BCUT2D eigenvalue weighted by Gasteiger charge is -2.49. The maximum atomic E-state index is 13.1. The lowest BCUT2D eigenvalue weighted by molar-refractivity contribution is -0.173. The number of carbonyl (C=O) groups excluding carboxylic acids is 5. The van der Waals surface area contributed by atoms with Crippen molar-refractivity contribution < 1.29 is 38.2 Å². The summed E-state index contributed by atoms with van der Waals surface area (Å²) in [5.74, 6) is -2.45. The van der Waals surface area contributed by atoms with E-state index in [9.17, 15) is 24.0 Å². The van der Waals surface area contributed by atoms with Gasteiger partial charge in [0.1, 0.15) is 23.7 Å². The predicted molar refractivity (Wildman–Crippen MR) is 139 cm³/mol. The van der Waals surface area contributed by atoms with E-state index in [1.54, 1.807) is 32.2 Å². The van der Waals surface area contributed by atoms with Crippen molar-refractivity contribution in [3.05, 3.63) is 28.4 Å². The number of amides is 3. The molecule has 0 aromatic carbocycles. The van der Waals surface area contributed by atoms with Gasteiger partial charge < -0.3 is 31.0 Å². The molecule has 2 aliphatic heterocycles. The Morgan fingerprint density at radius 3 is 2.53 bits per heavy atom. The number of carbonyl (C=O) groups is 5. The number of fused-ring (bicyclic) bond motifs is 1. The molecule has 206 valence electrons. The summed E-state index contributed by atoms with van der Waals surface area (Å²) in [7, 11) is 0. The molecule has 2 atom stereocenters. The van der Waals surface area contributed by atoms with Gasteiger partial charge in [0.2, 0.25) is 6.79 Å². The Morgan fingerprint density at radius 2 is 1.95 bits per heavy atom. The quantitative estimate of drug-likeness (QED) is 0.169. The first-order chi connectivity index (χ1) is 17.8. The van der Waals surface area contributed by atoms with Gasteiger partial charge in [-0.05, 0) is 27.2 Å². The summed E-state index contributed by atoms with van der Waals surface area (Å²) in [6.07, 6.45) is 1.17. The van der Waals surface area contributed by atoms with Gasteiger partial charge in [0.25, 0.3) is 11.8 Å². The molecule has 0 spiro atoms. The van der Waals surface area contributed by atoms with Crippen molar-refractivity contribution in [2.24, 2.45) is 11.1 Å². The number of nitrogens with one attached hydrogen (secondary N) is 1. The largest absolute Gasteiger partial charge is 0.445 e. The average Bonchev–Trinajstić information content (AvgIpc) is 3.28. The second kappa shape index (κ2) is 11.9. The lowest BCUT2D eigenvalue weighted by Crippen LogP contribution is -2.70. The Labute approximate surface area is 226 Å². The fraction of sp³-hybridized carbons (Fsp3) is 0.478. The van der Waals surface area contributed by atoms with Crippen LogP contribution in [0, 0.1) is 5.41 Å². The van der Waals surface area contributed by atoms with Gasteiger partial charge in [-0.1, -0.05) is 13.0 Å². The summed E-state index contributed by atoms with van der Waals surface area (Å²) < 4.78 is 14.9. The number of nitrogens with zero attached hydrogens (tertiary/aromatic N) is 2. The highest BCUT2D eigenvalue weighted by Gasteiger charge is 2.54. The van der Waals surface area contributed by atoms with Crippen LogP contribution in [0.1, 0.15) is 39.8 Å². The Bertz CT molecular complexity index is 1200. The van der Waals surface area contributed by atoms with Crippen LogP contribution in [0.3, 0.4) is 0 Å². The predicted octanol–water partition coefficient (Wildman–Crippen LogP) is 1.36. The van der Waals surface area contributed by atoms with Crippen LogP contribution < -0.4 is 16.8 Å². The SMILES string of the molecule is CCC=C(C(=O)N[C@@H]1C(=O)N2C(C(=O)OCOC(=O)C(C)(C)C)=C(COC(N)=O)CS[C@H]12)c1csc(N)n1. The van der Waals surface area contributed by atoms with Gasteiger partial charge in [-0.25, -0.2) is 14.6 Å². The summed E-state index contributed by atoms with van der Waals surface area (Å²) in [6, 6.07) is -0.941. The minimum atomic E-state index is -1.06. The number of allylic oxidation sites excluding steroid dienone is 1. The number of esters is 2. The Hall–Kier alpha value is -3.59. The van der Waals surface area contributed by atoms with Crippen LogP contribution >= 0.6 is 23.1 Å². The van der Waals surface area contributed by atoms with Gasteiger partial charge in [-0.15, -0.1) is 23.1 Å². The topological polar surface area (TPSA) is 193 Å². The molecular weight excluding hydrogens is 538 g/mol. The van der Waals surface area contributed by atoms with E-state index in [2.05, 4.69) is 10.3 Å². The Kier molecular flexibility index (Phi) is 9.04. The van der Waals surface area contributed by atoms with Crippen molar-refractivity contribution >= 4 is 63.6 Å². The van der Waals surface area contributed by atoms with E-state index in [1.807, 2.05) is 6.92 Å². The summed E-state index contributed by atoms with van der Waals surface area (Å²) in [4.78, 5) is 67.6. The maximum Gasteiger partial charge on any atom is 0.404 e. The number of nitrogen functional groups attached to an aromatic ring is 1. The van der Waals surface area contributed by atoms with Crippen molar-refractivity contribution in [3.63, 3.8) is 0 Å². The van der Waals surface area contributed by atoms with Gasteiger partial charge in [0.15, 0.2) is 5.13 Å². The first-order valence-corrected chi connectivity index (χ1v) is 13.4. The molecule has 1 fully saturated rings. The van der Waals surface area contributed by atoms with Crippen molar-refractivity contribution in [3.8, 4) is 0 Å². The van der Waals surface area contributed by atoms with E-state index in [-0.39, 0.29) is 29.2 Å². The molecule has 13 nitrogen and oxygen atoms in total. The maximum absolute atomic E-state index is 13.1. The third kappa shape index (κ3) is 6.45. The van der Waals surface area contributed by atoms with Gasteiger partial charge in [-0.2, -0.15) is 0 Å². The van der Waals surface area contributed by atoms with E-state index in [1.165, 1.54) is 23.1 Å². The van der Waals surface area contributed by atoms with Crippen LogP contribution in [0.15, 0.2) is 22.7 Å². The van der Waals surface area contributed by atoms with Crippen molar-refractivity contribution in [1.29, 1.82) is 0 Å². The van der Waals surface area contributed by atoms with Crippen LogP contribution in [0.2, 0.25) is 0 Å². The molecule has 3 amide bonds. The van der Waals surface area contributed by atoms with Crippen LogP contribution in [0.5, 0.6) is 0 Å². The summed E-state index contributed by atoms with van der Waals surface area (Å²) in [5, 5.41) is 4.03. The molecule has 0 bridgehead atoms. The molecule has 0 radical (unpaired) electrons. The fourth-order valence-electron chi connectivity index (χ4n) is 3.51. The Balaban J connectivity index is 1.77. The molecular formula is C23H29N5O8S2. The third-order valence-electron chi connectivity index (χ3n) is 5.36. The minimum Gasteiger partial charge on any atom is -0.445 e. The highest BCUT2D eigenvalue weighted by Crippen LogP contribution is 2.41. The molecule has 15 heteroatoms. The molecule has 3 heterocycles. The third-order valence-corrected chi connectivity index (χ3v) is 7.37. The zero-order valence-electron chi connectivity index (χ0n) is 21.3. The van der Waals surface area contributed by atoms with Gasteiger partial charge in [-0.3, -0.25) is 19.3 Å². The molecule has 1 aromatic rings. The van der Waals surface area contributed by atoms with Crippen molar-refractivity contribution in [2.45, 2.75) is 45.5 Å². The van der Waals surface area contributed by atoms with Crippen LogP contribution in [-0.4, -0.2) is 70.3 Å². The highest BCUT2D eigenvalue weighted by molar-refractivity contribution is 8.00. The van der Waals surface area contributed by atoms with Crippen molar-refractivity contribution in [1.82, 2.24) is 15.2 Å². The highest BCUT2D eigenvalue weighted by atomic mass is 32.2. The fourth-order valence-corrected chi connectivity index (χ4v) is 5.40. The van der Waals surface area contributed by atoms with Crippen LogP contribution in [0.4, 0.5) is 9.93 Å². The average molecular weight is 568 g/mol. The summed E-state index contributed by atoms with van der Waals surface area (Å²) in [5.41, 5.74) is 10.7. The number of rotatable bonds is 9. The molecule has 5 N–H and O–H groups in total. The monoisotopic (exact) mass is 567 g/mol. The van der Waals surface area contributed by atoms with E-state index in [0.717, 1.165) is 4.90 Å². The number of primary amides is 1. The standard InChI is InChI=1S/C23H29N5O8S2/c1-5-6-12(13-9-38-21(24)26-13)16(29)27-14-17(30)28-15(11(7-34-22(25)33)8-37-18(14)28)19(31)35-10-36-20(32)23(2,3)4/h6,9,14,18H,5,7-8,10H2,1-4H3,(H2,24,26)(H2,25,33)(H,27,29)/t14-,18-/m1/s1. The van der Waals surface area contributed by atoms with Crippen LogP contribution in [0.25, 0.3) is 5.57 Å². The molecule has 1 saturated heterocycles. The number of hydrogen-bond acceptors (Lipinski definition) is 12. The molecule has 2 aliphatic rings. The zero-order valence-corrected chi connectivity index (χ0v) is 22.9. The van der Waals surface area contributed by atoms with Gasteiger partial charge in [0.05, 0.1) is 16.7 Å². The summed E-state index contributed by atoms with van der Waals surface area (Å²) >= 11 is 2.45. The van der Waals surface area contributed by atoms with Gasteiger partial charge in [0, 0.05) is 16.7 Å². The number of anilines is 1. The molecule has 38 heavy (non-hydrogen) atoms. The smallest absolute Gasteiger partial charge is 0.404 e. The van der Waals surface area contributed by atoms with Crippen LogP contribution in [-0.2, 0) is 33.4 Å². The number of aromatic nitrogens is 1. The summed E-state index contributed by atoms with van der Waals surface area (Å²) in [6.45, 7) is 5.74. The molecule has 0 aliphatic carbocycles. The van der Waals surface area contributed by atoms with E-state index < -0.39 is 53.5 Å².